The minimum absolute atomic E-state index is 0.0410. The second-order valence-electron chi connectivity index (χ2n) is 7.01. The van der Waals surface area contributed by atoms with Crippen LogP contribution in [0.25, 0.3) is 10.2 Å². The van der Waals surface area contributed by atoms with Gasteiger partial charge in [-0.15, -0.1) is 6.58 Å². The minimum atomic E-state index is -0.0723. The van der Waals surface area contributed by atoms with E-state index in [1.54, 1.807) is 4.57 Å². The van der Waals surface area contributed by atoms with Gasteiger partial charge in [0.1, 0.15) is 6.54 Å². The van der Waals surface area contributed by atoms with E-state index in [2.05, 4.69) is 27.8 Å². The molecule has 0 atom stereocenters. The summed E-state index contributed by atoms with van der Waals surface area (Å²) in [5, 5.41) is 3.43. The Kier molecular flexibility index (Phi) is 7.26. The van der Waals surface area contributed by atoms with Crippen molar-refractivity contribution in [2.75, 3.05) is 26.2 Å². The number of likely N-dealkylation sites (tertiary alicyclic amines) is 1. The van der Waals surface area contributed by atoms with E-state index in [0.717, 1.165) is 66.6 Å². The topological polar surface area (TPSA) is 54.3 Å². The van der Waals surface area contributed by atoms with Crippen LogP contribution in [-0.4, -0.2) is 41.6 Å². The SMILES string of the molecule is C=CCCNCCC1CCN(C(=O)Cn2c(=O)sc3ccc(Br)cc32)CC1. The zero-order chi connectivity index (χ0) is 19.2. The summed E-state index contributed by atoms with van der Waals surface area (Å²) < 4.78 is 3.43. The van der Waals surface area contributed by atoms with E-state index >= 15 is 0 Å². The highest BCUT2D eigenvalue weighted by Crippen LogP contribution is 2.23. The molecule has 5 nitrogen and oxygen atoms in total. The van der Waals surface area contributed by atoms with Crippen LogP contribution in [0.4, 0.5) is 0 Å². The number of nitrogens with one attached hydrogen (secondary N) is 1. The molecule has 0 spiro atoms. The van der Waals surface area contributed by atoms with Gasteiger partial charge in [0.15, 0.2) is 0 Å². The van der Waals surface area contributed by atoms with Gasteiger partial charge in [-0.05, 0) is 62.9 Å². The lowest BCUT2D eigenvalue weighted by atomic mass is 9.93. The van der Waals surface area contributed by atoms with Crippen LogP contribution in [0.5, 0.6) is 0 Å². The van der Waals surface area contributed by atoms with Crippen LogP contribution in [-0.2, 0) is 11.3 Å². The van der Waals surface area contributed by atoms with Crippen LogP contribution < -0.4 is 10.2 Å². The second kappa shape index (κ2) is 9.66. The van der Waals surface area contributed by atoms with Gasteiger partial charge < -0.3 is 10.2 Å². The quantitative estimate of drug-likeness (QED) is 0.492. The van der Waals surface area contributed by atoms with Gasteiger partial charge in [0, 0.05) is 17.6 Å². The van der Waals surface area contributed by atoms with Crippen molar-refractivity contribution in [3.05, 3.63) is 45.0 Å². The number of hydrogen-bond donors (Lipinski definition) is 1. The molecule has 1 saturated heterocycles. The number of carbonyl (C=O) groups is 1. The lowest BCUT2D eigenvalue weighted by Gasteiger charge is -2.32. The number of rotatable bonds is 8. The third-order valence-corrected chi connectivity index (χ3v) is 6.60. The molecule has 1 amide bonds. The fraction of sp³-hybridized carbons (Fsp3) is 0.500. The molecule has 146 valence electrons. The molecule has 0 bridgehead atoms. The van der Waals surface area contributed by atoms with Crippen LogP contribution in [0.2, 0.25) is 0 Å². The van der Waals surface area contributed by atoms with Gasteiger partial charge in [0.05, 0.1) is 10.2 Å². The highest BCUT2D eigenvalue weighted by molar-refractivity contribution is 9.10. The Balaban J connectivity index is 1.52. The summed E-state index contributed by atoms with van der Waals surface area (Å²) in [7, 11) is 0. The molecule has 27 heavy (non-hydrogen) atoms. The van der Waals surface area contributed by atoms with Crippen molar-refractivity contribution < 1.29 is 4.79 Å². The Morgan fingerprint density at radius 3 is 2.85 bits per heavy atom. The Bertz CT molecular complexity index is 853. The van der Waals surface area contributed by atoms with Gasteiger partial charge in [0.25, 0.3) is 0 Å². The monoisotopic (exact) mass is 451 g/mol. The van der Waals surface area contributed by atoms with Crippen molar-refractivity contribution in [3.8, 4) is 0 Å². The summed E-state index contributed by atoms with van der Waals surface area (Å²) in [6, 6.07) is 5.74. The number of aromatic nitrogens is 1. The van der Waals surface area contributed by atoms with Crippen LogP contribution >= 0.6 is 27.3 Å². The number of fused-ring (bicyclic) bond motifs is 1. The number of benzene rings is 1. The number of nitrogens with zero attached hydrogens (tertiary/aromatic N) is 2. The zero-order valence-electron chi connectivity index (χ0n) is 15.5. The van der Waals surface area contributed by atoms with Crippen molar-refractivity contribution >= 4 is 43.4 Å². The lowest BCUT2D eigenvalue weighted by molar-refractivity contribution is -0.133. The minimum Gasteiger partial charge on any atom is -0.341 e. The Morgan fingerprint density at radius 1 is 1.33 bits per heavy atom. The molecule has 1 aliphatic rings. The molecule has 3 rings (SSSR count). The molecule has 1 aromatic carbocycles. The van der Waals surface area contributed by atoms with Crippen LogP contribution in [0, 0.1) is 5.92 Å². The Labute approximate surface area is 172 Å². The highest BCUT2D eigenvalue weighted by atomic mass is 79.9. The molecule has 2 heterocycles. The summed E-state index contributed by atoms with van der Waals surface area (Å²) >= 11 is 4.64. The molecule has 0 aliphatic carbocycles. The van der Waals surface area contributed by atoms with Gasteiger partial charge in [-0.2, -0.15) is 0 Å². The summed E-state index contributed by atoms with van der Waals surface area (Å²) in [4.78, 5) is 26.9. The number of carbonyl (C=O) groups excluding carboxylic acids is 1. The standard InChI is InChI=1S/C20H26BrN3O2S/c1-2-3-9-22-10-6-15-7-11-23(12-8-15)19(25)14-24-17-13-16(21)4-5-18(17)27-20(24)26/h2,4-5,13,15,22H,1,3,6-12,14H2. The van der Waals surface area contributed by atoms with Crippen molar-refractivity contribution in [2.45, 2.75) is 32.2 Å². The van der Waals surface area contributed by atoms with Crippen molar-refractivity contribution in [3.63, 3.8) is 0 Å². The van der Waals surface area contributed by atoms with Crippen LogP contribution in [0.1, 0.15) is 25.7 Å². The zero-order valence-corrected chi connectivity index (χ0v) is 17.9. The Hall–Kier alpha value is -1.44. The molecule has 0 unspecified atom stereocenters. The van der Waals surface area contributed by atoms with E-state index in [4.69, 9.17) is 0 Å². The first kappa shape index (κ1) is 20.3. The normalized spacial score (nSPS) is 15.4. The molecule has 7 heteroatoms. The molecule has 1 aromatic heterocycles. The van der Waals surface area contributed by atoms with Crippen molar-refractivity contribution in [1.82, 2.24) is 14.8 Å². The van der Waals surface area contributed by atoms with E-state index < -0.39 is 0 Å². The third kappa shape index (κ3) is 5.30. The van der Waals surface area contributed by atoms with Gasteiger partial charge in [0.2, 0.25) is 5.91 Å². The predicted octanol–water partition coefficient (Wildman–Crippen LogP) is 3.62. The lowest BCUT2D eigenvalue weighted by Crippen LogP contribution is -2.41. The van der Waals surface area contributed by atoms with Crippen molar-refractivity contribution in [2.24, 2.45) is 5.92 Å². The van der Waals surface area contributed by atoms with Gasteiger partial charge >= 0.3 is 4.87 Å². The van der Waals surface area contributed by atoms with Gasteiger partial charge in [-0.25, -0.2) is 0 Å². The van der Waals surface area contributed by atoms with E-state index in [-0.39, 0.29) is 17.3 Å². The molecular weight excluding hydrogens is 426 g/mol. The smallest absolute Gasteiger partial charge is 0.308 e. The summed E-state index contributed by atoms with van der Waals surface area (Å²) in [5.74, 6) is 0.713. The molecule has 0 radical (unpaired) electrons. The number of halogens is 1. The summed E-state index contributed by atoms with van der Waals surface area (Å²) in [6.45, 7) is 7.44. The fourth-order valence-electron chi connectivity index (χ4n) is 3.53. The first-order valence-corrected chi connectivity index (χ1v) is 11.1. The molecular formula is C20H26BrN3O2S. The van der Waals surface area contributed by atoms with E-state index in [0.29, 0.717) is 5.92 Å². The van der Waals surface area contributed by atoms with Crippen LogP contribution in [0.3, 0.4) is 0 Å². The first-order chi connectivity index (χ1) is 13.1. The Morgan fingerprint density at radius 2 is 2.11 bits per heavy atom. The number of amides is 1. The summed E-state index contributed by atoms with van der Waals surface area (Å²) in [6.07, 6.45) is 6.17. The van der Waals surface area contributed by atoms with E-state index in [9.17, 15) is 9.59 Å². The first-order valence-electron chi connectivity index (χ1n) is 9.46. The molecule has 1 fully saturated rings. The molecule has 1 aliphatic heterocycles. The maximum atomic E-state index is 12.7. The number of thiazole rings is 1. The van der Waals surface area contributed by atoms with Crippen molar-refractivity contribution in [1.29, 1.82) is 0 Å². The average Bonchev–Trinajstić information content (AvgIpc) is 2.97. The largest absolute Gasteiger partial charge is 0.341 e. The van der Waals surface area contributed by atoms with Gasteiger partial charge in [-0.1, -0.05) is 33.3 Å². The number of hydrogen-bond acceptors (Lipinski definition) is 4. The highest BCUT2D eigenvalue weighted by Gasteiger charge is 2.23. The molecule has 0 saturated carbocycles. The van der Waals surface area contributed by atoms with E-state index in [1.165, 1.54) is 11.3 Å². The fourth-order valence-corrected chi connectivity index (χ4v) is 4.75. The third-order valence-electron chi connectivity index (χ3n) is 5.14. The second-order valence-corrected chi connectivity index (χ2v) is 8.92. The maximum absolute atomic E-state index is 12.7. The molecule has 1 N–H and O–H groups in total. The van der Waals surface area contributed by atoms with E-state index in [1.807, 2.05) is 29.2 Å². The average molecular weight is 452 g/mol. The predicted molar refractivity (Wildman–Crippen MR) is 115 cm³/mol. The number of piperidine rings is 1. The molecule has 2 aromatic rings. The van der Waals surface area contributed by atoms with Gasteiger partial charge in [-0.3, -0.25) is 14.2 Å². The maximum Gasteiger partial charge on any atom is 0.308 e. The van der Waals surface area contributed by atoms with Crippen LogP contribution in [0.15, 0.2) is 40.1 Å². The summed E-state index contributed by atoms with van der Waals surface area (Å²) in [5.41, 5.74) is 0.827.